The number of guanidine groups is 1. The molecule has 3 heterocycles. The Morgan fingerprint density at radius 2 is 2.00 bits per heavy atom. The Morgan fingerprint density at radius 1 is 1.27 bits per heavy atom. The van der Waals surface area contributed by atoms with Crippen molar-refractivity contribution in [1.82, 2.24) is 15.5 Å². The van der Waals surface area contributed by atoms with E-state index in [2.05, 4.69) is 46.5 Å². The van der Waals surface area contributed by atoms with Gasteiger partial charge in [-0.05, 0) is 19.1 Å². The van der Waals surface area contributed by atoms with E-state index in [1.165, 1.54) is 9.75 Å². The largest absolute Gasteiger partial charge is 0.380 e. The molecule has 2 fully saturated rings. The van der Waals surface area contributed by atoms with Crippen LogP contribution in [0.3, 0.4) is 0 Å². The van der Waals surface area contributed by atoms with Gasteiger partial charge in [-0.15, -0.1) is 35.3 Å². The number of nitrogens with one attached hydrogen (secondary N) is 2. The SMILES string of the molecule is CN=C(NCC(c1ccc(C)s1)N1CCOCC1)NCC1(C)COC1.I. The number of nitrogens with zero attached hydrogens (tertiary/aromatic N) is 2. The van der Waals surface area contributed by atoms with E-state index < -0.39 is 0 Å². The molecule has 0 spiro atoms. The van der Waals surface area contributed by atoms with E-state index in [9.17, 15) is 0 Å². The molecule has 0 bridgehead atoms. The highest BCUT2D eigenvalue weighted by atomic mass is 127. The third kappa shape index (κ3) is 5.79. The average molecular weight is 494 g/mol. The Bertz CT molecular complexity index is 586. The first-order chi connectivity index (χ1) is 12.1. The zero-order valence-electron chi connectivity index (χ0n) is 15.9. The van der Waals surface area contributed by atoms with Crippen molar-refractivity contribution in [2.75, 3.05) is 59.7 Å². The lowest BCUT2D eigenvalue weighted by atomic mass is 9.89. The summed E-state index contributed by atoms with van der Waals surface area (Å²) < 4.78 is 10.9. The molecule has 0 amide bonds. The number of aryl methyl sites for hydroxylation is 1. The van der Waals surface area contributed by atoms with Crippen molar-refractivity contribution in [2.24, 2.45) is 10.4 Å². The van der Waals surface area contributed by atoms with Gasteiger partial charge in [0.1, 0.15) is 0 Å². The van der Waals surface area contributed by atoms with Crippen molar-refractivity contribution in [3.63, 3.8) is 0 Å². The Morgan fingerprint density at radius 3 is 2.54 bits per heavy atom. The summed E-state index contributed by atoms with van der Waals surface area (Å²) in [5, 5.41) is 6.96. The number of rotatable bonds is 6. The fourth-order valence-electron chi connectivity index (χ4n) is 3.19. The standard InChI is InChI=1S/C18H30N4O2S.HI/c1-14-4-5-16(25-14)15(22-6-8-23-9-7-22)10-20-17(19-3)21-11-18(2)12-24-13-18;/h4-5,15H,6-13H2,1-3H3,(H2,19,20,21);1H. The number of ether oxygens (including phenoxy) is 2. The molecule has 6 nitrogen and oxygen atoms in total. The third-order valence-electron chi connectivity index (χ3n) is 4.85. The molecule has 1 unspecified atom stereocenters. The van der Waals surface area contributed by atoms with Crippen LogP contribution >= 0.6 is 35.3 Å². The van der Waals surface area contributed by atoms with E-state index in [0.29, 0.717) is 6.04 Å². The van der Waals surface area contributed by atoms with Crippen LogP contribution in [-0.4, -0.2) is 70.5 Å². The number of aliphatic imine (C=N–C) groups is 1. The maximum Gasteiger partial charge on any atom is 0.191 e. The summed E-state index contributed by atoms with van der Waals surface area (Å²) >= 11 is 1.88. The van der Waals surface area contributed by atoms with Gasteiger partial charge in [-0.1, -0.05) is 6.92 Å². The van der Waals surface area contributed by atoms with Gasteiger partial charge in [0, 0.05) is 48.4 Å². The lowest BCUT2D eigenvalue weighted by Gasteiger charge is -2.38. The maximum atomic E-state index is 5.53. The first kappa shape index (κ1) is 21.9. The summed E-state index contributed by atoms with van der Waals surface area (Å²) in [4.78, 5) is 9.65. The number of halogens is 1. The fourth-order valence-corrected chi connectivity index (χ4v) is 4.21. The molecule has 26 heavy (non-hydrogen) atoms. The highest BCUT2D eigenvalue weighted by molar-refractivity contribution is 14.0. The number of hydrogen-bond acceptors (Lipinski definition) is 5. The van der Waals surface area contributed by atoms with Gasteiger partial charge < -0.3 is 20.1 Å². The van der Waals surface area contributed by atoms with Crippen molar-refractivity contribution >= 4 is 41.3 Å². The second-order valence-corrected chi connectivity index (χ2v) is 8.54. The lowest BCUT2D eigenvalue weighted by Crippen LogP contribution is -2.52. The zero-order valence-corrected chi connectivity index (χ0v) is 19.1. The van der Waals surface area contributed by atoms with Gasteiger partial charge in [0.2, 0.25) is 0 Å². The fraction of sp³-hybridized carbons (Fsp3) is 0.722. The van der Waals surface area contributed by atoms with E-state index >= 15 is 0 Å². The van der Waals surface area contributed by atoms with Crippen LogP contribution in [0.15, 0.2) is 17.1 Å². The van der Waals surface area contributed by atoms with Gasteiger partial charge in [-0.25, -0.2) is 0 Å². The quantitative estimate of drug-likeness (QED) is 0.361. The summed E-state index contributed by atoms with van der Waals surface area (Å²) in [6, 6.07) is 4.81. The minimum atomic E-state index is 0. The Balaban J connectivity index is 0.00000243. The van der Waals surface area contributed by atoms with Crippen molar-refractivity contribution in [1.29, 1.82) is 0 Å². The Hall–Kier alpha value is -0.420. The monoisotopic (exact) mass is 494 g/mol. The van der Waals surface area contributed by atoms with Crippen LogP contribution in [0.25, 0.3) is 0 Å². The molecule has 2 N–H and O–H groups in total. The predicted octanol–water partition coefficient (Wildman–Crippen LogP) is 2.25. The van der Waals surface area contributed by atoms with Gasteiger partial charge in [0.25, 0.3) is 0 Å². The van der Waals surface area contributed by atoms with E-state index in [1.54, 1.807) is 0 Å². The van der Waals surface area contributed by atoms with Crippen LogP contribution in [0.2, 0.25) is 0 Å². The minimum absolute atomic E-state index is 0. The third-order valence-corrected chi connectivity index (χ3v) is 5.95. The molecule has 0 saturated carbocycles. The van der Waals surface area contributed by atoms with Crippen LogP contribution < -0.4 is 10.6 Å². The van der Waals surface area contributed by atoms with E-state index in [1.807, 2.05) is 18.4 Å². The summed E-state index contributed by atoms with van der Waals surface area (Å²) in [5.41, 5.74) is 0.228. The number of hydrogen-bond donors (Lipinski definition) is 2. The van der Waals surface area contributed by atoms with Crippen LogP contribution in [0.5, 0.6) is 0 Å². The molecule has 1 aromatic rings. The molecule has 0 aliphatic carbocycles. The second-order valence-electron chi connectivity index (χ2n) is 7.22. The first-order valence-electron chi connectivity index (χ1n) is 9.00. The first-order valence-corrected chi connectivity index (χ1v) is 9.82. The molecule has 2 aliphatic rings. The number of thiophene rings is 1. The van der Waals surface area contributed by atoms with Gasteiger partial charge in [-0.2, -0.15) is 0 Å². The van der Waals surface area contributed by atoms with Gasteiger partial charge >= 0.3 is 0 Å². The van der Waals surface area contributed by atoms with Crippen molar-refractivity contribution in [3.05, 3.63) is 21.9 Å². The van der Waals surface area contributed by atoms with Crippen molar-refractivity contribution in [3.8, 4) is 0 Å². The molecular formula is C18H31IN4O2S. The average Bonchev–Trinajstić information content (AvgIpc) is 3.03. The second kappa shape index (κ2) is 10.2. The molecule has 2 aliphatic heterocycles. The van der Waals surface area contributed by atoms with Crippen LogP contribution in [0.4, 0.5) is 0 Å². The van der Waals surface area contributed by atoms with Gasteiger partial charge in [0.05, 0.1) is 32.5 Å². The Labute approximate surface area is 177 Å². The molecule has 1 aromatic heterocycles. The molecule has 8 heteroatoms. The molecule has 0 aromatic carbocycles. The minimum Gasteiger partial charge on any atom is -0.380 e. The summed E-state index contributed by atoms with van der Waals surface area (Å²) in [6.45, 7) is 11.3. The maximum absolute atomic E-state index is 5.53. The molecule has 0 radical (unpaired) electrons. The summed E-state index contributed by atoms with van der Waals surface area (Å²) in [5.74, 6) is 0.861. The van der Waals surface area contributed by atoms with Crippen LogP contribution in [0, 0.1) is 12.3 Å². The van der Waals surface area contributed by atoms with E-state index in [0.717, 1.165) is 58.6 Å². The van der Waals surface area contributed by atoms with Crippen molar-refractivity contribution in [2.45, 2.75) is 19.9 Å². The smallest absolute Gasteiger partial charge is 0.191 e. The normalized spacial score (nSPS) is 21.4. The molecule has 2 saturated heterocycles. The van der Waals surface area contributed by atoms with Crippen molar-refractivity contribution < 1.29 is 9.47 Å². The number of morpholine rings is 1. The molecule has 3 rings (SSSR count). The van der Waals surface area contributed by atoms with Crippen LogP contribution in [0.1, 0.15) is 22.7 Å². The summed E-state index contributed by atoms with van der Waals surface area (Å²) in [6.07, 6.45) is 0. The predicted molar refractivity (Wildman–Crippen MR) is 118 cm³/mol. The molecular weight excluding hydrogens is 463 g/mol. The Kier molecular flexibility index (Phi) is 8.59. The van der Waals surface area contributed by atoms with E-state index in [4.69, 9.17) is 9.47 Å². The highest BCUT2D eigenvalue weighted by Crippen LogP contribution is 2.28. The zero-order chi connectivity index (χ0) is 17.7. The van der Waals surface area contributed by atoms with Gasteiger partial charge in [-0.3, -0.25) is 9.89 Å². The highest BCUT2D eigenvalue weighted by Gasteiger charge is 2.33. The van der Waals surface area contributed by atoms with E-state index in [-0.39, 0.29) is 29.4 Å². The summed E-state index contributed by atoms with van der Waals surface area (Å²) in [7, 11) is 1.83. The topological polar surface area (TPSA) is 58.1 Å². The molecule has 148 valence electrons. The van der Waals surface area contributed by atoms with Crippen LogP contribution in [-0.2, 0) is 9.47 Å². The van der Waals surface area contributed by atoms with Gasteiger partial charge in [0.15, 0.2) is 5.96 Å². The lowest BCUT2D eigenvalue weighted by molar-refractivity contribution is -0.0971. The molecule has 1 atom stereocenters.